The Morgan fingerprint density at radius 3 is 1.55 bits per heavy atom. The number of rotatable bonds is 4. The van der Waals surface area contributed by atoms with Crippen molar-refractivity contribution < 1.29 is 43.9 Å². The summed E-state index contributed by atoms with van der Waals surface area (Å²) < 4.78 is 29.7. The largest absolute Gasteiger partial charge is 0.412 e. The first-order valence-electron chi connectivity index (χ1n) is 4.21. The van der Waals surface area contributed by atoms with E-state index < -0.39 is 16.3 Å². The Morgan fingerprint density at radius 2 is 1.50 bits per heavy atom. The van der Waals surface area contributed by atoms with Crippen LogP contribution in [0.4, 0.5) is 0 Å². The van der Waals surface area contributed by atoms with Crippen LogP contribution in [0.15, 0.2) is 12.2 Å². The molecular formula is C8H26N2O9S. The SMILES string of the molecule is C=C(C(N)=O)C(C)N(C)C.COS(=O)(=O)O.O.O.O.O. The number of carbonyl (C=O) groups is 1. The van der Waals surface area contributed by atoms with Crippen molar-refractivity contribution in [1.82, 2.24) is 4.90 Å². The number of hydrogen-bond donors (Lipinski definition) is 2. The molecule has 0 aliphatic carbocycles. The van der Waals surface area contributed by atoms with Gasteiger partial charge in [-0.2, -0.15) is 8.42 Å². The summed E-state index contributed by atoms with van der Waals surface area (Å²) in [4.78, 5) is 12.4. The highest BCUT2D eigenvalue weighted by Gasteiger charge is 2.12. The van der Waals surface area contributed by atoms with E-state index in [1.165, 1.54) is 0 Å². The highest BCUT2D eigenvalue weighted by molar-refractivity contribution is 7.80. The maximum absolute atomic E-state index is 10.5. The molecule has 0 radical (unpaired) electrons. The molecule has 0 fully saturated rings. The van der Waals surface area contributed by atoms with Gasteiger partial charge >= 0.3 is 10.4 Å². The topological polar surface area (TPSA) is 236 Å². The zero-order valence-corrected chi connectivity index (χ0v) is 12.6. The molecule has 0 aromatic carbocycles. The van der Waals surface area contributed by atoms with Crippen molar-refractivity contribution in [2.75, 3.05) is 21.2 Å². The molecule has 1 atom stereocenters. The van der Waals surface area contributed by atoms with Crippen molar-refractivity contribution in [2.24, 2.45) is 5.73 Å². The minimum absolute atomic E-state index is 0. The van der Waals surface area contributed by atoms with Gasteiger partial charge in [-0.05, 0) is 21.0 Å². The lowest BCUT2D eigenvalue weighted by Gasteiger charge is -2.19. The normalized spacial score (nSPS) is 10.1. The van der Waals surface area contributed by atoms with Crippen LogP contribution < -0.4 is 5.73 Å². The highest BCUT2D eigenvalue weighted by atomic mass is 32.3. The Kier molecular flexibility index (Phi) is 29.0. The smallest absolute Gasteiger partial charge is 0.397 e. The second kappa shape index (κ2) is 15.9. The maximum atomic E-state index is 10.5. The first-order valence-corrected chi connectivity index (χ1v) is 5.57. The van der Waals surface area contributed by atoms with Crippen molar-refractivity contribution in [2.45, 2.75) is 13.0 Å². The van der Waals surface area contributed by atoms with Crippen molar-refractivity contribution in [3.8, 4) is 0 Å². The molecule has 0 saturated carbocycles. The Bertz CT molecular complexity index is 342. The van der Waals surface area contributed by atoms with Gasteiger partial charge in [-0.25, -0.2) is 0 Å². The molecule has 0 aromatic heterocycles. The lowest BCUT2D eigenvalue weighted by Crippen LogP contribution is -2.32. The van der Waals surface area contributed by atoms with E-state index in [9.17, 15) is 13.2 Å². The summed E-state index contributed by atoms with van der Waals surface area (Å²) in [5.41, 5.74) is 5.46. The van der Waals surface area contributed by atoms with Crippen LogP contribution in [0.25, 0.3) is 0 Å². The number of nitrogens with zero attached hydrogens (tertiary/aromatic N) is 1. The fourth-order valence-corrected chi connectivity index (χ4v) is 0.518. The van der Waals surface area contributed by atoms with Gasteiger partial charge in [-0.15, -0.1) is 0 Å². The van der Waals surface area contributed by atoms with Gasteiger partial charge in [0.25, 0.3) is 0 Å². The molecule has 20 heavy (non-hydrogen) atoms. The van der Waals surface area contributed by atoms with Gasteiger partial charge in [0.05, 0.1) is 7.11 Å². The molecule has 0 aromatic rings. The fraction of sp³-hybridized carbons (Fsp3) is 0.625. The van der Waals surface area contributed by atoms with Crippen molar-refractivity contribution in [3.63, 3.8) is 0 Å². The number of primary amides is 1. The Morgan fingerprint density at radius 1 is 1.25 bits per heavy atom. The van der Waals surface area contributed by atoms with Crippen molar-refractivity contribution in [3.05, 3.63) is 12.2 Å². The van der Waals surface area contributed by atoms with Gasteiger partial charge in [-0.3, -0.25) is 13.5 Å². The summed E-state index contributed by atoms with van der Waals surface area (Å²) in [6.07, 6.45) is 0. The van der Waals surface area contributed by atoms with Gasteiger partial charge in [0.15, 0.2) is 0 Å². The van der Waals surface area contributed by atoms with E-state index in [4.69, 9.17) is 10.3 Å². The number of nitrogens with two attached hydrogens (primary N) is 1. The zero-order chi connectivity index (χ0) is 13.5. The monoisotopic (exact) mass is 326 g/mol. The standard InChI is InChI=1S/C7H14N2O.CH4O4S.4H2O/c1-5(7(8)10)6(2)9(3)4;1-5-6(2,3)4;;;;/h6H,1H2,2-4H3,(H2,8,10);1H3,(H,2,3,4);4*1H2. The van der Waals surface area contributed by atoms with E-state index >= 15 is 0 Å². The minimum atomic E-state index is -4.16. The van der Waals surface area contributed by atoms with Crippen LogP contribution in [0.1, 0.15) is 6.92 Å². The maximum Gasteiger partial charge on any atom is 0.397 e. The second-order valence-corrected chi connectivity index (χ2v) is 4.31. The third-order valence-corrected chi connectivity index (χ3v) is 2.23. The summed E-state index contributed by atoms with van der Waals surface area (Å²) in [5.74, 6) is -0.429. The van der Waals surface area contributed by atoms with Crippen LogP contribution in [0, 0.1) is 0 Å². The van der Waals surface area contributed by atoms with Gasteiger partial charge in [0.1, 0.15) is 0 Å². The van der Waals surface area contributed by atoms with Crippen LogP contribution in [0.3, 0.4) is 0 Å². The molecule has 0 rings (SSSR count). The molecule has 11 nitrogen and oxygen atoms in total. The Hall–Kier alpha value is -1.12. The average Bonchev–Trinajstić information content (AvgIpc) is 2.15. The second-order valence-electron chi connectivity index (χ2n) is 3.12. The van der Waals surface area contributed by atoms with Gasteiger partial charge in [0, 0.05) is 11.6 Å². The molecule has 0 bridgehead atoms. The van der Waals surface area contributed by atoms with Crippen LogP contribution in [0.2, 0.25) is 0 Å². The van der Waals surface area contributed by atoms with Crippen LogP contribution in [-0.4, -0.2) is 72.9 Å². The molecule has 1 unspecified atom stereocenters. The molecule has 0 spiro atoms. The van der Waals surface area contributed by atoms with Crippen molar-refractivity contribution in [1.29, 1.82) is 0 Å². The number of amides is 1. The van der Waals surface area contributed by atoms with Crippen LogP contribution in [-0.2, 0) is 19.4 Å². The van der Waals surface area contributed by atoms with Gasteiger partial charge < -0.3 is 32.5 Å². The predicted octanol–water partition coefficient (Wildman–Crippen LogP) is -3.89. The van der Waals surface area contributed by atoms with E-state index in [1.54, 1.807) is 0 Å². The Balaban J connectivity index is -0.0000000440. The van der Waals surface area contributed by atoms with E-state index in [-0.39, 0.29) is 27.9 Å². The van der Waals surface area contributed by atoms with Crippen LogP contribution >= 0.6 is 0 Å². The summed E-state index contributed by atoms with van der Waals surface area (Å²) in [6.45, 7) is 5.44. The fourth-order valence-electron chi connectivity index (χ4n) is 0.518. The summed E-state index contributed by atoms with van der Waals surface area (Å²) in [7, 11) is 0.456. The number of carbonyl (C=O) groups excluding carboxylic acids is 1. The minimum Gasteiger partial charge on any atom is -0.412 e. The molecule has 0 heterocycles. The third kappa shape index (κ3) is 22.1. The molecular weight excluding hydrogens is 300 g/mol. The number of hydrogen-bond acceptors (Lipinski definition) is 5. The number of likely N-dealkylation sites (N-methyl/N-ethyl adjacent to an activating group) is 1. The molecule has 0 saturated heterocycles. The Labute approximate surface area is 118 Å². The molecule has 128 valence electrons. The quantitative estimate of drug-likeness (QED) is 0.386. The zero-order valence-electron chi connectivity index (χ0n) is 11.8. The van der Waals surface area contributed by atoms with E-state index in [0.29, 0.717) is 5.57 Å². The van der Waals surface area contributed by atoms with E-state index in [2.05, 4.69) is 10.8 Å². The summed E-state index contributed by atoms with van der Waals surface area (Å²) in [6, 6.07) is 0.0255. The molecule has 0 aliphatic heterocycles. The van der Waals surface area contributed by atoms with E-state index in [1.807, 2.05) is 25.9 Å². The predicted molar refractivity (Wildman–Crippen MR) is 74.5 cm³/mol. The summed E-state index contributed by atoms with van der Waals surface area (Å²) in [5, 5.41) is 0. The molecule has 11 N–H and O–H groups in total. The van der Waals surface area contributed by atoms with Gasteiger partial charge in [0.2, 0.25) is 5.91 Å². The lowest BCUT2D eigenvalue weighted by atomic mass is 10.1. The first kappa shape index (κ1) is 36.4. The highest BCUT2D eigenvalue weighted by Crippen LogP contribution is 2.02. The first-order chi connectivity index (χ1) is 7.02. The third-order valence-electron chi connectivity index (χ3n) is 1.81. The summed E-state index contributed by atoms with van der Waals surface area (Å²) >= 11 is 0. The molecule has 12 heteroatoms. The average molecular weight is 326 g/mol. The van der Waals surface area contributed by atoms with Gasteiger partial charge in [-0.1, -0.05) is 6.58 Å². The van der Waals surface area contributed by atoms with Crippen molar-refractivity contribution >= 4 is 16.3 Å². The van der Waals surface area contributed by atoms with E-state index in [0.717, 1.165) is 7.11 Å². The molecule has 0 aliphatic rings. The lowest BCUT2D eigenvalue weighted by molar-refractivity contribution is -0.115. The van der Waals surface area contributed by atoms with Crippen LogP contribution in [0.5, 0.6) is 0 Å². The molecule has 1 amide bonds.